The molecular formula is C24H22N4O4S. The number of fused-ring (bicyclic) bond motifs is 1. The summed E-state index contributed by atoms with van der Waals surface area (Å²) in [5, 5.41) is 4.64. The number of anilines is 2. The molecule has 1 heterocycles. The lowest BCUT2D eigenvalue weighted by molar-refractivity contribution is -0.118. The highest BCUT2D eigenvalue weighted by Crippen LogP contribution is 2.25. The molecule has 0 unspecified atom stereocenters. The molecule has 8 nitrogen and oxygen atoms in total. The van der Waals surface area contributed by atoms with Gasteiger partial charge in [0, 0.05) is 22.5 Å². The lowest BCUT2D eigenvalue weighted by Crippen LogP contribution is -2.20. The Morgan fingerprint density at radius 2 is 1.58 bits per heavy atom. The molecule has 0 fully saturated rings. The molecular weight excluding hydrogens is 440 g/mol. The molecule has 2 N–H and O–H groups in total. The average Bonchev–Trinajstić information content (AvgIpc) is 2.77. The topological polar surface area (TPSA) is 110 Å². The van der Waals surface area contributed by atoms with Crippen LogP contribution in [0.3, 0.4) is 0 Å². The fourth-order valence-corrected chi connectivity index (χ4v) is 4.27. The van der Waals surface area contributed by atoms with Crippen LogP contribution in [-0.2, 0) is 14.8 Å². The van der Waals surface area contributed by atoms with Gasteiger partial charge in [-0.25, -0.2) is 23.1 Å². The van der Waals surface area contributed by atoms with Crippen molar-refractivity contribution < 1.29 is 17.9 Å². The molecule has 0 bridgehead atoms. The number of sulfonamides is 1. The average molecular weight is 463 g/mol. The molecule has 0 saturated carbocycles. The van der Waals surface area contributed by atoms with E-state index >= 15 is 0 Å². The number of nitrogens with zero attached hydrogens (tertiary/aromatic N) is 2. The number of rotatable bonds is 7. The van der Waals surface area contributed by atoms with Crippen molar-refractivity contribution in [3.63, 3.8) is 0 Å². The van der Waals surface area contributed by atoms with Crippen LogP contribution in [0.25, 0.3) is 10.8 Å². The number of carbonyl (C=O) groups is 1. The Morgan fingerprint density at radius 3 is 2.30 bits per heavy atom. The second-order valence-corrected chi connectivity index (χ2v) is 9.10. The van der Waals surface area contributed by atoms with Crippen molar-refractivity contribution in [2.45, 2.75) is 18.7 Å². The smallest absolute Gasteiger partial charge is 0.264 e. The van der Waals surface area contributed by atoms with Crippen molar-refractivity contribution in [3.05, 3.63) is 84.2 Å². The second-order valence-electron chi connectivity index (χ2n) is 7.42. The monoisotopic (exact) mass is 462 g/mol. The number of aromatic nitrogens is 2. The third kappa shape index (κ3) is 5.45. The van der Waals surface area contributed by atoms with E-state index in [0.717, 1.165) is 10.8 Å². The normalized spacial score (nSPS) is 11.2. The van der Waals surface area contributed by atoms with E-state index in [4.69, 9.17) is 4.74 Å². The maximum atomic E-state index is 12.6. The number of amides is 1. The first-order valence-electron chi connectivity index (χ1n) is 10.2. The molecule has 33 heavy (non-hydrogen) atoms. The molecule has 0 saturated heterocycles. The molecule has 0 atom stereocenters. The fraction of sp³-hybridized carbons (Fsp3) is 0.125. The summed E-state index contributed by atoms with van der Waals surface area (Å²) in [6.07, 6.45) is 0. The van der Waals surface area contributed by atoms with Crippen LogP contribution in [0.15, 0.2) is 77.7 Å². The van der Waals surface area contributed by atoms with E-state index in [1.54, 1.807) is 19.9 Å². The van der Waals surface area contributed by atoms with E-state index in [9.17, 15) is 13.2 Å². The highest BCUT2D eigenvalue weighted by Gasteiger charge is 2.16. The molecule has 0 aliphatic rings. The number of benzene rings is 3. The van der Waals surface area contributed by atoms with Crippen LogP contribution in [0.5, 0.6) is 5.75 Å². The maximum absolute atomic E-state index is 12.6. The summed E-state index contributed by atoms with van der Waals surface area (Å²) in [6, 6.07) is 20.9. The molecule has 4 aromatic rings. The van der Waals surface area contributed by atoms with Gasteiger partial charge in [-0.2, -0.15) is 0 Å². The highest BCUT2D eigenvalue weighted by molar-refractivity contribution is 7.92. The van der Waals surface area contributed by atoms with Gasteiger partial charge in [0.1, 0.15) is 5.75 Å². The summed E-state index contributed by atoms with van der Waals surface area (Å²) in [6.45, 7) is 3.33. The van der Waals surface area contributed by atoms with Crippen LogP contribution in [-0.4, -0.2) is 30.9 Å². The molecule has 1 aromatic heterocycles. The Labute approximate surface area is 191 Å². The Balaban J connectivity index is 1.39. The molecule has 0 spiro atoms. The van der Waals surface area contributed by atoms with Crippen LogP contribution in [0, 0.1) is 13.8 Å². The molecule has 9 heteroatoms. The van der Waals surface area contributed by atoms with Gasteiger partial charge in [0.2, 0.25) is 5.95 Å². The Kier molecular flexibility index (Phi) is 6.23. The van der Waals surface area contributed by atoms with Gasteiger partial charge < -0.3 is 10.1 Å². The third-order valence-electron chi connectivity index (χ3n) is 4.76. The van der Waals surface area contributed by atoms with Crippen molar-refractivity contribution in [2.75, 3.05) is 16.6 Å². The molecule has 3 aromatic carbocycles. The van der Waals surface area contributed by atoms with E-state index in [2.05, 4.69) is 20.0 Å². The quantitative estimate of drug-likeness (QED) is 0.428. The van der Waals surface area contributed by atoms with E-state index < -0.39 is 10.0 Å². The van der Waals surface area contributed by atoms with Gasteiger partial charge in [-0.3, -0.25) is 4.79 Å². The lowest BCUT2D eigenvalue weighted by atomic mass is 10.1. The highest BCUT2D eigenvalue weighted by atomic mass is 32.2. The predicted molar refractivity (Wildman–Crippen MR) is 127 cm³/mol. The summed E-state index contributed by atoms with van der Waals surface area (Å²) >= 11 is 0. The second kappa shape index (κ2) is 9.25. The Bertz CT molecular complexity index is 1390. The van der Waals surface area contributed by atoms with Crippen molar-refractivity contribution in [1.82, 2.24) is 9.97 Å². The van der Waals surface area contributed by atoms with E-state index in [0.29, 0.717) is 22.8 Å². The van der Waals surface area contributed by atoms with Crippen LogP contribution in [0.2, 0.25) is 0 Å². The van der Waals surface area contributed by atoms with Crippen molar-refractivity contribution >= 4 is 38.3 Å². The minimum absolute atomic E-state index is 0.00969. The summed E-state index contributed by atoms with van der Waals surface area (Å²) in [5.74, 6) is 0.264. The van der Waals surface area contributed by atoms with Gasteiger partial charge in [-0.1, -0.05) is 36.4 Å². The van der Waals surface area contributed by atoms with Crippen LogP contribution in [0.1, 0.15) is 11.4 Å². The molecule has 0 aliphatic heterocycles. The molecule has 168 valence electrons. The summed E-state index contributed by atoms with van der Waals surface area (Å²) < 4.78 is 33.3. The summed E-state index contributed by atoms with van der Waals surface area (Å²) in [5.41, 5.74) is 1.76. The van der Waals surface area contributed by atoms with E-state index in [1.807, 2.05) is 42.5 Å². The first-order valence-corrected chi connectivity index (χ1v) is 11.6. The van der Waals surface area contributed by atoms with Gasteiger partial charge in [-0.05, 0) is 55.6 Å². The zero-order valence-electron chi connectivity index (χ0n) is 18.1. The zero-order valence-corrected chi connectivity index (χ0v) is 18.9. The standard InChI is InChI=1S/C24H22N4O4S/c1-16-14-17(2)26-24(25-16)28-33(30,31)20-12-10-19(11-13-20)27-23(29)15-32-22-9-5-7-18-6-3-4-8-21(18)22/h3-14H,15H2,1-2H3,(H,27,29)(H,25,26,28). The van der Waals surface area contributed by atoms with Crippen molar-refractivity contribution in [2.24, 2.45) is 0 Å². The largest absolute Gasteiger partial charge is 0.483 e. The number of ether oxygens (including phenoxy) is 1. The van der Waals surface area contributed by atoms with Crippen LogP contribution < -0.4 is 14.8 Å². The molecule has 0 aliphatic carbocycles. The number of carbonyl (C=O) groups excluding carboxylic acids is 1. The van der Waals surface area contributed by atoms with Gasteiger partial charge in [0.15, 0.2) is 6.61 Å². The number of nitrogens with one attached hydrogen (secondary N) is 2. The zero-order chi connectivity index (χ0) is 23.4. The van der Waals surface area contributed by atoms with Gasteiger partial charge in [0.25, 0.3) is 15.9 Å². The van der Waals surface area contributed by atoms with Crippen molar-refractivity contribution in [3.8, 4) is 5.75 Å². The third-order valence-corrected chi connectivity index (χ3v) is 6.11. The van der Waals surface area contributed by atoms with Crippen molar-refractivity contribution in [1.29, 1.82) is 0 Å². The van der Waals surface area contributed by atoms with Gasteiger partial charge >= 0.3 is 0 Å². The predicted octanol–water partition coefficient (Wildman–Crippen LogP) is 4.06. The first kappa shape index (κ1) is 22.2. The molecule has 4 rings (SSSR count). The van der Waals surface area contributed by atoms with Crippen LogP contribution in [0.4, 0.5) is 11.6 Å². The first-order chi connectivity index (χ1) is 15.8. The SMILES string of the molecule is Cc1cc(C)nc(NS(=O)(=O)c2ccc(NC(=O)COc3cccc4ccccc34)cc2)n1. The molecule has 0 radical (unpaired) electrons. The Hall–Kier alpha value is -3.98. The van der Waals surface area contributed by atoms with E-state index in [-0.39, 0.29) is 23.4 Å². The van der Waals surface area contributed by atoms with E-state index in [1.165, 1.54) is 24.3 Å². The summed E-state index contributed by atoms with van der Waals surface area (Å²) in [4.78, 5) is 20.5. The van der Waals surface area contributed by atoms with Gasteiger partial charge in [-0.15, -0.1) is 0 Å². The Morgan fingerprint density at radius 1 is 0.909 bits per heavy atom. The van der Waals surface area contributed by atoms with Gasteiger partial charge in [0.05, 0.1) is 4.90 Å². The maximum Gasteiger partial charge on any atom is 0.264 e. The number of hydrogen-bond acceptors (Lipinski definition) is 6. The number of aryl methyl sites for hydroxylation is 2. The fourth-order valence-electron chi connectivity index (χ4n) is 3.33. The summed E-state index contributed by atoms with van der Waals surface area (Å²) in [7, 11) is -3.87. The number of hydrogen-bond donors (Lipinski definition) is 2. The lowest BCUT2D eigenvalue weighted by Gasteiger charge is -2.11. The van der Waals surface area contributed by atoms with Crippen LogP contribution >= 0.6 is 0 Å². The minimum Gasteiger partial charge on any atom is -0.483 e. The molecule has 1 amide bonds. The minimum atomic E-state index is -3.87.